The Balaban J connectivity index is 1.84. The van der Waals surface area contributed by atoms with Crippen molar-refractivity contribution in [2.45, 2.75) is 19.6 Å². The average molecular weight is 284 g/mol. The van der Waals surface area contributed by atoms with Crippen molar-refractivity contribution < 1.29 is 13.2 Å². The summed E-state index contributed by atoms with van der Waals surface area (Å²) in [6.07, 6.45) is 1.79. The lowest BCUT2D eigenvalue weighted by molar-refractivity contribution is -0.137. The first-order chi connectivity index (χ1) is 9.45. The Morgan fingerprint density at radius 1 is 1.35 bits per heavy atom. The molecule has 0 bridgehead atoms. The minimum absolute atomic E-state index is 0.299. The highest BCUT2D eigenvalue weighted by atomic mass is 19.4. The maximum atomic E-state index is 12.4. The first kappa shape index (κ1) is 14.4. The summed E-state index contributed by atoms with van der Waals surface area (Å²) in [6, 6.07) is 2.36. The molecule has 1 N–H and O–H groups in total. The second-order valence-corrected chi connectivity index (χ2v) is 4.68. The fourth-order valence-corrected chi connectivity index (χ4v) is 1.76. The van der Waals surface area contributed by atoms with E-state index in [4.69, 9.17) is 0 Å². The maximum Gasteiger partial charge on any atom is 0.417 e. The normalized spacial score (nSPS) is 13.2. The standard InChI is InChI=1S/C13H15F3N4/c1-10(8-20-5-4-17-9-20)6-18-12-3-2-11(7-19-12)13(14,15)16/h2-5,7,9-10H,6,8H2,1H3,(H,18,19). The van der Waals surface area contributed by atoms with E-state index < -0.39 is 11.7 Å². The second kappa shape index (κ2) is 5.94. The van der Waals surface area contributed by atoms with Crippen molar-refractivity contribution in [2.24, 2.45) is 5.92 Å². The zero-order valence-corrected chi connectivity index (χ0v) is 10.9. The van der Waals surface area contributed by atoms with Crippen LogP contribution in [-0.2, 0) is 12.7 Å². The molecular weight excluding hydrogens is 269 g/mol. The van der Waals surface area contributed by atoms with Gasteiger partial charge in [-0.3, -0.25) is 0 Å². The highest BCUT2D eigenvalue weighted by molar-refractivity contribution is 5.36. The summed E-state index contributed by atoms with van der Waals surface area (Å²) in [5, 5.41) is 3.02. The van der Waals surface area contributed by atoms with Crippen LogP contribution in [0, 0.1) is 5.92 Å². The van der Waals surface area contributed by atoms with Gasteiger partial charge in [0.2, 0.25) is 0 Å². The number of aromatic nitrogens is 3. The molecule has 2 rings (SSSR count). The molecule has 0 spiro atoms. The number of pyridine rings is 1. The van der Waals surface area contributed by atoms with Crippen LogP contribution in [-0.4, -0.2) is 21.1 Å². The zero-order valence-electron chi connectivity index (χ0n) is 10.9. The summed E-state index contributed by atoms with van der Waals surface area (Å²) >= 11 is 0. The summed E-state index contributed by atoms with van der Waals surface area (Å²) in [4.78, 5) is 7.71. The Labute approximate surface area is 114 Å². The number of rotatable bonds is 5. The van der Waals surface area contributed by atoms with E-state index in [2.05, 4.69) is 15.3 Å². The Kier molecular flexibility index (Phi) is 4.26. The van der Waals surface area contributed by atoms with Gasteiger partial charge in [0, 0.05) is 31.7 Å². The molecule has 2 aromatic rings. The number of nitrogens with zero attached hydrogens (tertiary/aromatic N) is 3. The first-order valence-corrected chi connectivity index (χ1v) is 6.18. The van der Waals surface area contributed by atoms with Gasteiger partial charge in [0.15, 0.2) is 0 Å². The molecule has 0 aliphatic carbocycles. The number of anilines is 1. The van der Waals surface area contributed by atoms with Gasteiger partial charge < -0.3 is 9.88 Å². The Morgan fingerprint density at radius 2 is 2.15 bits per heavy atom. The number of nitrogens with one attached hydrogen (secondary N) is 1. The molecule has 1 atom stereocenters. The van der Waals surface area contributed by atoms with Gasteiger partial charge in [0.25, 0.3) is 0 Å². The van der Waals surface area contributed by atoms with E-state index in [-0.39, 0.29) is 0 Å². The molecule has 0 saturated carbocycles. The van der Waals surface area contributed by atoms with Gasteiger partial charge in [-0.25, -0.2) is 9.97 Å². The molecule has 0 amide bonds. The monoisotopic (exact) mass is 284 g/mol. The minimum Gasteiger partial charge on any atom is -0.370 e. The first-order valence-electron chi connectivity index (χ1n) is 6.18. The highest BCUT2D eigenvalue weighted by Crippen LogP contribution is 2.28. The molecule has 0 saturated heterocycles. The van der Waals surface area contributed by atoms with Crippen LogP contribution in [0.15, 0.2) is 37.1 Å². The molecule has 4 nitrogen and oxygen atoms in total. The van der Waals surface area contributed by atoms with Gasteiger partial charge in [-0.2, -0.15) is 13.2 Å². The van der Waals surface area contributed by atoms with E-state index >= 15 is 0 Å². The number of hydrogen-bond donors (Lipinski definition) is 1. The molecule has 20 heavy (non-hydrogen) atoms. The molecule has 0 radical (unpaired) electrons. The summed E-state index contributed by atoms with van der Waals surface area (Å²) < 4.78 is 39.1. The summed E-state index contributed by atoms with van der Waals surface area (Å²) in [5.74, 6) is 0.740. The third-order valence-electron chi connectivity index (χ3n) is 2.80. The van der Waals surface area contributed by atoms with Crippen LogP contribution in [0.4, 0.5) is 19.0 Å². The number of hydrogen-bond acceptors (Lipinski definition) is 3. The highest BCUT2D eigenvalue weighted by Gasteiger charge is 2.30. The summed E-state index contributed by atoms with van der Waals surface area (Å²) in [6.45, 7) is 3.45. The minimum atomic E-state index is -4.35. The van der Waals surface area contributed by atoms with Gasteiger partial charge in [0.1, 0.15) is 5.82 Å². The SMILES string of the molecule is CC(CNc1ccc(C(F)(F)F)cn1)Cn1ccnc1. The van der Waals surface area contributed by atoms with Gasteiger partial charge in [0.05, 0.1) is 11.9 Å². The third kappa shape index (κ3) is 3.97. The van der Waals surface area contributed by atoms with Gasteiger partial charge >= 0.3 is 6.18 Å². The van der Waals surface area contributed by atoms with Crippen LogP contribution in [0.2, 0.25) is 0 Å². The molecule has 108 valence electrons. The Morgan fingerprint density at radius 3 is 2.70 bits per heavy atom. The molecule has 0 aromatic carbocycles. The molecule has 0 fully saturated rings. The van der Waals surface area contributed by atoms with E-state index in [9.17, 15) is 13.2 Å². The molecule has 7 heteroatoms. The van der Waals surface area contributed by atoms with Gasteiger partial charge in [-0.05, 0) is 18.1 Å². The van der Waals surface area contributed by atoms with Crippen molar-refractivity contribution in [1.29, 1.82) is 0 Å². The van der Waals surface area contributed by atoms with E-state index in [0.29, 0.717) is 18.3 Å². The fourth-order valence-electron chi connectivity index (χ4n) is 1.76. The number of halogens is 3. The van der Waals surface area contributed by atoms with Gasteiger partial charge in [-0.1, -0.05) is 6.92 Å². The number of alkyl halides is 3. The van der Waals surface area contributed by atoms with Crippen LogP contribution >= 0.6 is 0 Å². The van der Waals surface area contributed by atoms with Gasteiger partial charge in [-0.15, -0.1) is 0 Å². The van der Waals surface area contributed by atoms with Crippen LogP contribution in [0.5, 0.6) is 0 Å². The van der Waals surface area contributed by atoms with Crippen LogP contribution in [0.1, 0.15) is 12.5 Å². The van der Waals surface area contributed by atoms with E-state index in [1.165, 1.54) is 6.07 Å². The van der Waals surface area contributed by atoms with E-state index in [1.807, 2.05) is 17.7 Å². The molecule has 2 heterocycles. The molecular formula is C13H15F3N4. The summed E-state index contributed by atoms with van der Waals surface area (Å²) in [5.41, 5.74) is -0.741. The Bertz CT molecular complexity index is 520. The molecule has 1 unspecified atom stereocenters. The predicted octanol–water partition coefficient (Wildman–Crippen LogP) is 3.05. The topological polar surface area (TPSA) is 42.7 Å². The van der Waals surface area contributed by atoms with Crippen LogP contribution in [0.25, 0.3) is 0 Å². The van der Waals surface area contributed by atoms with Crippen LogP contribution in [0.3, 0.4) is 0 Å². The maximum absolute atomic E-state index is 12.4. The number of imidazole rings is 1. The lowest BCUT2D eigenvalue weighted by Crippen LogP contribution is -2.17. The molecule has 0 aliphatic rings. The lowest BCUT2D eigenvalue weighted by atomic mass is 10.2. The van der Waals surface area contributed by atoms with E-state index in [0.717, 1.165) is 18.8 Å². The third-order valence-corrected chi connectivity index (χ3v) is 2.80. The zero-order chi connectivity index (χ0) is 14.6. The lowest BCUT2D eigenvalue weighted by Gasteiger charge is -2.14. The second-order valence-electron chi connectivity index (χ2n) is 4.68. The van der Waals surface area contributed by atoms with Crippen LogP contribution < -0.4 is 5.32 Å². The molecule has 0 aliphatic heterocycles. The van der Waals surface area contributed by atoms with Crippen molar-refractivity contribution in [3.8, 4) is 0 Å². The predicted molar refractivity (Wildman–Crippen MR) is 69.1 cm³/mol. The summed E-state index contributed by atoms with van der Waals surface area (Å²) in [7, 11) is 0. The fraction of sp³-hybridized carbons (Fsp3) is 0.385. The quantitative estimate of drug-likeness (QED) is 0.917. The van der Waals surface area contributed by atoms with E-state index in [1.54, 1.807) is 12.5 Å². The smallest absolute Gasteiger partial charge is 0.370 e. The van der Waals surface area contributed by atoms with Crippen molar-refractivity contribution in [3.63, 3.8) is 0 Å². The average Bonchev–Trinajstić information content (AvgIpc) is 2.88. The van der Waals surface area contributed by atoms with Crippen molar-refractivity contribution in [3.05, 3.63) is 42.6 Å². The van der Waals surface area contributed by atoms with Crippen molar-refractivity contribution in [1.82, 2.24) is 14.5 Å². The largest absolute Gasteiger partial charge is 0.417 e. The molecule has 2 aromatic heterocycles. The Hall–Kier alpha value is -2.05. The van der Waals surface area contributed by atoms with Crippen molar-refractivity contribution >= 4 is 5.82 Å². The van der Waals surface area contributed by atoms with Crippen molar-refractivity contribution in [2.75, 3.05) is 11.9 Å².